The van der Waals surface area contributed by atoms with E-state index in [4.69, 9.17) is 9.72 Å². The summed E-state index contributed by atoms with van der Waals surface area (Å²) in [6.45, 7) is 6.41. The summed E-state index contributed by atoms with van der Waals surface area (Å²) in [7, 11) is 0. The zero-order chi connectivity index (χ0) is 18.9. The standard InChI is InChI=1S/C22H24N2O2S/c1-22(2)13-18-20(19(25)14-22)27-21(23-18)24-11-12-26-15-17(24)10-6-9-16-7-4-3-5-8-16/h3-5,7-8,17H,10-15H2,1-2H3/t17-/m0/s1. The number of ketones is 1. The lowest BCUT2D eigenvalue weighted by molar-refractivity contribution is 0.0915. The van der Waals surface area contributed by atoms with Crippen LogP contribution < -0.4 is 4.90 Å². The Balaban J connectivity index is 1.53. The van der Waals surface area contributed by atoms with Crippen molar-refractivity contribution in [1.82, 2.24) is 4.98 Å². The Morgan fingerprint density at radius 3 is 2.93 bits per heavy atom. The number of fused-ring (bicyclic) bond motifs is 1. The molecule has 27 heavy (non-hydrogen) atoms. The predicted molar refractivity (Wildman–Crippen MR) is 108 cm³/mol. The van der Waals surface area contributed by atoms with Crippen molar-refractivity contribution in [3.05, 3.63) is 46.5 Å². The maximum Gasteiger partial charge on any atom is 0.186 e. The third-order valence-electron chi connectivity index (χ3n) is 5.04. The summed E-state index contributed by atoms with van der Waals surface area (Å²) in [4.78, 5) is 20.5. The van der Waals surface area contributed by atoms with Crippen LogP contribution >= 0.6 is 11.3 Å². The molecule has 0 unspecified atom stereocenters. The largest absolute Gasteiger partial charge is 0.377 e. The van der Waals surface area contributed by atoms with E-state index in [0.717, 1.165) is 40.7 Å². The molecule has 0 bridgehead atoms. The minimum Gasteiger partial charge on any atom is -0.377 e. The number of nitrogens with zero attached hydrogens (tertiary/aromatic N) is 2. The van der Waals surface area contributed by atoms with E-state index in [-0.39, 0.29) is 17.2 Å². The molecule has 0 radical (unpaired) electrons. The number of Topliss-reactive ketones (excluding diaryl/α,β-unsaturated/α-hetero) is 1. The second-order valence-corrected chi connectivity index (χ2v) is 8.98. The Bertz CT molecular complexity index is 892. The van der Waals surface area contributed by atoms with E-state index in [9.17, 15) is 4.79 Å². The van der Waals surface area contributed by atoms with Crippen molar-refractivity contribution in [2.24, 2.45) is 5.41 Å². The van der Waals surface area contributed by atoms with Gasteiger partial charge in [-0.3, -0.25) is 4.79 Å². The molecule has 1 aliphatic carbocycles. The summed E-state index contributed by atoms with van der Waals surface area (Å²) in [5, 5.41) is 0.945. The Kier molecular flexibility index (Phi) is 5.03. The summed E-state index contributed by atoms with van der Waals surface area (Å²) in [6, 6.07) is 10.2. The van der Waals surface area contributed by atoms with Gasteiger partial charge in [-0.25, -0.2) is 4.98 Å². The van der Waals surface area contributed by atoms with Crippen LogP contribution in [0.3, 0.4) is 0 Å². The molecule has 1 atom stereocenters. The number of rotatable bonds is 2. The molecule has 1 saturated heterocycles. The maximum atomic E-state index is 12.5. The summed E-state index contributed by atoms with van der Waals surface area (Å²) in [5.41, 5.74) is 2.00. The van der Waals surface area contributed by atoms with Gasteiger partial charge < -0.3 is 9.64 Å². The minimum atomic E-state index is 0.000989. The monoisotopic (exact) mass is 380 g/mol. The molecule has 0 N–H and O–H groups in total. The van der Waals surface area contributed by atoms with Crippen LogP contribution in [0.2, 0.25) is 0 Å². The van der Waals surface area contributed by atoms with Gasteiger partial charge in [-0.05, 0) is 24.0 Å². The molecule has 1 fully saturated rings. The molecule has 5 heteroatoms. The van der Waals surface area contributed by atoms with Crippen LogP contribution in [0.15, 0.2) is 30.3 Å². The quantitative estimate of drug-likeness (QED) is 0.740. The fraction of sp³-hybridized carbons (Fsp3) is 0.455. The van der Waals surface area contributed by atoms with E-state index in [1.54, 1.807) is 11.3 Å². The first kappa shape index (κ1) is 18.2. The van der Waals surface area contributed by atoms with Crippen LogP contribution in [-0.2, 0) is 11.2 Å². The third kappa shape index (κ3) is 4.07. The van der Waals surface area contributed by atoms with Crippen molar-refractivity contribution in [2.45, 2.75) is 39.2 Å². The number of thiazole rings is 1. The molecule has 4 rings (SSSR count). The molecule has 1 aliphatic heterocycles. The highest BCUT2D eigenvalue weighted by atomic mass is 32.1. The van der Waals surface area contributed by atoms with E-state index in [1.807, 2.05) is 30.3 Å². The lowest BCUT2D eigenvalue weighted by atomic mass is 9.78. The van der Waals surface area contributed by atoms with Crippen molar-refractivity contribution in [1.29, 1.82) is 0 Å². The molecule has 1 aromatic carbocycles. The minimum absolute atomic E-state index is 0.000989. The summed E-state index contributed by atoms with van der Waals surface area (Å²) >= 11 is 1.55. The lowest BCUT2D eigenvalue weighted by Crippen LogP contribution is -2.45. The smallest absolute Gasteiger partial charge is 0.186 e. The number of carbonyl (C=O) groups is 1. The highest BCUT2D eigenvalue weighted by Crippen LogP contribution is 2.40. The highest BCUT2D eigenvalue weighted by Gasteiger charge is 2.35. The zero-order valence-electron chi connectivity index (χ0n) is 15.8. The highest BCUT2D eigenvalue weighted by molar-refractivity contribution is 7.17. The Labute approximate surface area is 164 Å². The first-order valence-electron chi connectivity index (χ1n) is 9.43. The van der Waals surface area contributed by atoms with Gasteiger partial charge in [-0.2, -0.15) is 0 Å². The van der Waals surface area contributed by atoms with Crippen LogP contribution in [0.5, 0.6) is 0 Å². The molecular formula is C22H24N2O2S. The fourth-order valence-corrected chi connectivity index (χ4v) is 4.82. The van der Waals surface area contributed by atoms with Crippen molar-refractivity contribution in [3.63, 3.8) is 0 Å². The summed E-state index contributed by atoms with van der Waals surface area (Å²) in [6.07, 6.45) is 2.20. The number of hydrogen-bond donors (Lipinski definition) is 0. The number of benzene rings is 1. The topological polar surface area (TPSA) is 42.4 Å². The van der Waals surface area contributed by atoms with Gasteiger partial charge in [0.1, 0.15) is 0 Å². The first-order chi connectivity index (χ1) is 13.0. The molecule has 4 nitrogen and oxygen atoms in total. The van der Waals surface area contributed by atoms with Gasteiger partial charge in [-0.1, -0.05) is 55.2 Å². The second-order valence-electron chi connectivity index (χ2n) is 8.01. The van der Waals surface area contributed by atoms with Crippen LogP contribution in [0.25, 0.3) is 0 Å². The van der Waals surface area contributed by atoms with E-state index >= 15 is 0 Å². The Hall–Kier alpha value is -2.16. The first-order valence-corrected chi connectivity index (χ1v) is 10.2. The van der Waals surface area contributed by atoms with Crippen LogP contribution in [0.4, 0.5) is 5.13 Å². The normalized spacial score (nSPS) is 21.3. The second kappa shape index (κ2) is 7.46. The Morgan fingerprint density at radius 2 is 2.11 bits per heavy atom. The number of ether oxygens (including phenoxy) is 1. The molecule has 2 aliphatic rings. The zero-order valence-corrected chi connectivity index (χ0v) is 16.6. The van der Waals surface area contributed by atoms with E-state index in [2.05, 4.69) is 30.6 Å². The molecule has 2 heterocycles. The summed E-state index contributed by atoms with van der Waals surface area (Å²) < 4.78 is 5.69. The van der Waals surface area contributed by atoms with Gasteiger partial charge in [0.15, 0.2) is 10.9 Å². The number of carbonyl (C=O) groups excluding carboxylic acids is 1. The fourth-order valence-electron chi connectivity index (χ4n) is 3.70. The number of aromatic nitrogens is 1. The number of morpholine rings is 1. The predicted octanol–water partition coefficient (Wildman–Crippen LogP) is 3.95. The molecule has 2 aromatic rings. The average Bonchev–Trinajstić information content (AvgIpc) is 3.06. The van der Waals surface area contributed by atoms with Crippen molar-refractivity contribution >= 4 is 22.3 Å². The van der Waals surface area contributed by atoms with E-state index in [1.165, 1.54) is 0 Å². The van der Waals surface area contributed by atoms with Crippen molar-refractivity contribution < 1.29 is 9.53 Å². The van der Waals surface area contributed by atoms with E-state index in [0.29, 0.717) is 19.6 Å². The molecule has 0 saturated carbocycles. The van der Waals surface area contributed by atoms with Crippen molar-refractivity contribution in [3.8, 4) is 11.8 Å². The maximum absolute atomic E-state index is 12.5. The molecule has 0 spiro atoms. The Morgan fingerprint density at radius 1 is 1.30 bits per heavy atom. The van der Waals surface area contributed by atoms with Gasteiger partial charge in [0.2, 0.25) is 0 Å². The van der Waals surface area contributed by atoms with Crippen LogP contribution in [0.1, 0.15) is 47.6 Å². The molecule has 0 amide bonds. The van der Waals surface area contributed by atoms with Gasteiger partial charge >= 0.3 is 0 Å². The van der Waals surface area contributed by atoms with Crippen LogP contribution in [-0.4, -0.2) is 36.6 Å². The van der Waals surface area contributed by atoms with Crippen molar-refractivity contribution in [2.75, 3.05) is 24.7 Å². The summed E-state index contributed by atoms with van der Waals surface area (Å²) in [5.74, 6) is 6.76. The van der Waals surface area contributed by atoms with E-state index < -0.39 is 0 Å². The number of hydrogen-bond acceptors (Lipinski definition) is 5. The third-order valence-corrected chi connectivity index (χ3v) is 6.22. The van der Waals surface area contributed by atoms with Gasteiger partial charge in [0.05, 0.1) is 29.8 Å². The average molecular weight is 381 g/mol. The van der Waals surface area contributed by atoms with Gasteiger partial charge in [-0.15, -0.1) is 0 Å². The van der Waals surface area contributed by atoms with Gasteiger partial charge in [0, 0.05) is 24.9 Å². The SMILES string of the molecule is CC1(C)CC(=O)c2sc(N3CCOC[C@@H]3CC#Cc3ccccc3)nc2C1. The molecular weight excluding hydrogens is 356 g/mol. The van der Waals surface area contributed by atoms with Crippen LogP contribution in [0, 0.1) is 17.3 Å². The number of anilines is 1. The van der Waals surface area contributed by atoms with Gasteiger partial charge in [0.25, 0.3) is 0 Å². The molecule has 1 aromatic heterocycles. The molecule has 140 valence electrons. The lowest BCUT2D eigenvalue weighted by Gasteiger charge is -2.34.